The van der Waals surface area contributed by atoms with Gasteiger partial charge in [-0.05, 0) is 29.9 Å². The normalized spacial score (nSPS) is 15.2. The number of carbonyl (C=O) groups is 6. The summed E-state index contributed by atoms with van der Waals surface area (Å²) >= 11 is 0. The molecule has 2 aromatic rings. The van der Waals surface area contributed by atoms with Crippen LogP contribution in [0.25, 0.3) is 10.9 Å². The third-order valence-corrected chi connectivity index (χ3v) is 7.83. The molecule has 44 heavy (non-hydrogen) atoms. The first-order chi connectivity index (χ1) is 20.7. The number of hydroxylamine groups is 2. The van der Waals surface area contributed by atoms with Crippen LogP contribution in [0.15, 0.2) is 30.5 Å². The highest BCUT2D eigenvalue weighted by Crippen LogP contribution is 2.21. The highest BCUT2D eigenvalue weighted by atomic mass is 16.5. The van der Waals surface area contributed by atoms with Crippen molar-refractivity contribution in [1.29, 1.82) is 0 Å². The number of aromatic nitrogens is 1. The molecule has 1 aromatic carbocycles. The van der Waals surface area contributed by atoms with Crippen molar-refractivity contribution in [1.82, 2.24) is 26.0 Å². The van der Waals surface area contributed by atoms with Crippen molar-refractivity contribution in [2.24, 2.45) is 17.6 Å². The minimum atomic E-state index is -1.81. The Morgan fingerprint density at radius 1 is 0.932 bits per heavy atom. The second-order valence-electron chi connectivity index (χ2n) is 11.1. The van der Waals surface area contributed by atoms with E-state index < -0.39 is 78.4 Å². The number of aromatic amines is 1. The van der Waals surface area contributed by atoms with Gasteiger partial charge in [-0.1, -0.05) is 58.7 Å². The summed E-state index contributed by atoms with van der Waals surface area (Å²) in [5.41, 5.74) is 6.50. The number of primary amides is 1. The Morgan fingerprint density at radius 3 is 2.05 bits per heavy atom. The number of nitrogens with one attached hydrogen (secondary N) is 4. The largest absolute Gasteiger partial charge is 0.480 e. The van der Waals surface area contributed by atoms with E-state index in [2.05, 4.69) is 20.9 Å². The summed E-state index contributed by atoms with van der Waals surface area (Å²) in [7, 11) is 0. The quantitative estimate of drug-likeness (QED) is 0.101. The van der Waals surface area contributed by atoms with E-state index in [1.807, 2.05) is 26.0 Å². The zero-order valence-electron chi connectivity index (χ0n) is 25.8. The first-order valence-corrected chi connectivity index (χ1v) is 14.7. The molecule has 0 fully saturated rings. The van der Waals surface area contributed by atoms with Crippen LogP contribution in [0.3, 0.4) is 0 Å². The van der Waals surface area contributed by atoms with Crippen molar-refractivity contribution < 1.29 is 39.1 Å². The highest BCUT2D eigenvalue weighted by molar-refractivity contribution is 5.95. The van der Waals surface area contributed by atoms with Gasteiger partial charge in [0.1, 0.15) is 18.1 Å². The number of benzene rings is 1. The Hall–Kier alpha value is -4.46. The predicted molar refractivity (Wildman–Crippen MR) is 161 cm³/mol. The molecule has 14 heteroatoms. The summed E-state index contributed by atoms with van der Waals surface area (Å²) < 4.78 is 0. The van der Waals surface area contributed by atoms with Crippen LogP contribution >= 0.6 is 0 Å². The fraction of sp³-hybridized carbons (Fsp3) is 0.533. The molecule has 0 aliphatic heterocycles. The fourth-order valence-corrected chi connectivity index (χ4v) is 4.79. The Bertz CT molecular complexity index is 1340. The molecule has 0 radical (unpaired) electrons. The van der Waals surface area contributed by atoms with E-state index in [-0.39, 0.29) is 17.4 Å². The molecule has 5 amide bonds. The molecular weight excluding hydrogens is 572 g/mol. The summed E-state index contributed by atoms with van der Waals surface area (Å²) in [6.07, 6.45) is 1.68. The molecule has 1 heterocycles. The summed E-state index contributed by atoms with van der Waals surface area (Å²) in [6, 6.07) is 1.89. The Kier molecular flexibility index (Phi) is 13.3. The van der Waals surface area contributed by atoms with Gasteiger partial charge in [-0.2, -0.15) is 0 Å². The summed E-state index contributed by atoms with van der Waals surface area (Å²) in [5.74, 6) is -5.90. The topological polar surface area (TPSA) is 224 Å². The number of hydrogen-bond acceptors (Lipinski definition) is 7. The van der Waals surface area contributed by atoms with Crippen LogP contribution in [0.1, 0.15) is 65.9 Å². The van der Waals surface area contributed by atoms with Gasteiger partial charge < -0.3 is 31.8 Å². The monoisotopic (exact) mass is 616 g/mol. The molecule has 0 aliphatic carbocycles. The van der Waals surface area contributed by atoms with E-state index in [4.69, 9.17) is 5.73 Å². The number of nitrogens with zero attached hydrogens (tertiary/aromatic N) is 1. The van der Waals surface area contributed by atoms with Crippen LogP contribution in [0.4, 0.5) is 0 Å². The lowest BCUT2D eigenvalue weighted by atomic mass is 9.94. The van der Waals surface area contributed by atoms with Gasteiger partial charge in [-0.3, -0.25) is 29.2 Å². The smallest absolute Gasteiger partial charge is 0.329 e. The van der Waals surface area contributed by atoms with E-state index in [1.165, 1.54) is 6.92 Å². The zero-order valence-corrected chi connectivity index (χ0v) is 25.8. The van der Waals surface area contributed by atoms with Gasteiger partial charge >= 0.3 is 5.97 Å². The number of rotatable bonds is 17. The van der Waals surface area contributed by atoms with Crippen molar-refractivity contribution >= 4 is 46.4 Å². The Labute approximate surface area is 256 Å². The first-order valence-electron chi connectivity index (χ1n) is 14.7. The summed E-state index contributed by atoms with van der Waals surface area (Å²) in [5, 5.41) is 29.1. The number of carboxylic acids is 1. The molecule has 8 N–H and O–H groups in total. The maximum absolute atomic E-state index is 13.8. The van der Waals surface area contributed by atoms with Crippen molar-refractivity contribution in [3.05, 3.63) is 36.0 Å². The van der Waals surface area contributed by atoms with E-state index in [9.17, 15) is 39.1 Å². The maximum Gasteiger partial charge on any atom is 0.329 e. The standard InChI is InChI=1S/C30H44N6O8/c1-6-16(3)25(33-18(5)37)28(40)35-26(17(4)7-2)27(39)34-22(14-19-15-32-21-11-9-8-10-20(19)21)29(41)36(44)23(30(42)43)12-13-24(31)38/h8-11,15-17,22-23,25-26,32,44H,6-7,12-14H2,1-5H3,(H2,31,38)(H,33,37)(H,34,39)(H,35,40)(H,42,43)/t16-,17-,22-,23-,25-,26-/m0/s1. The van der Waals surface area contributed by atoms with E-state index in [0.29, 0.717) is 18.4 Å². The average molecular weight is 617 g/mol. The van der Waals surface area contributed by atoms with E-state index in [1.54, 1.807) is 32.2 Å². The van der Waals surface area contributed by atoms with Crippen LogP contribution in [-0.4, -0.2) is 80.0 Å². The molecule has 0 saturated heterocycles. The van der Waals surface area contributed by atoms with Gasteiger partial charge in [-0.15, -0.1) is 0 Å². The number of nitrogens with two attached hydrogens (primary N) is 1. The number of para-hydroxylation sites is 1. The van der Waals surface area contributed by atoms with E-state index in [0.717, 1.165) is 10.9 Å². The van der Waals surface area contributed by atoms with Crippen molar-refractivity contribution in [2.75, 3.05) is 0 Å². The molecule has 242 valence electrons. The summed E-state index contributed by atoms with van der Waals surface area (Å²) in [6.45, 7) is 8.50. The Balaban J connectivity index is 2.45. The van der Waals surface area contributed by atoms with Crippen LogP contribution in [-0.2, 0) is 35.2 Å². The number of carboxylic acid groups (broad SMARTS) is 1. The number of amides is 5. The van der Waals surface area contributed by atoms with Gasteiger partial charge in [-0.25, -0.2) is 9.86 Å². The minimum Gasteiger partial charge on any atom is -0.480 e. The SMILES string of the molecule is CC[C@H](C)[C@H](NC(C)=O)C(=O)N[C@H](C(=O)N[C@@H](Cc1c[nH]c2ccccc12)C(=O)N(O)[C@@H](CCC(N)=O)C(=O)O)[C@@H](C)CC. The average Bonchev–Trinajstić information content (AvgIpc) is 3.39. The maximum atomic E-state index is 13.8. The third kappa shape index (κ3) is 9.53. The molecule has 0 aliphatic rings. The van der Waals surface area contributed by atoms with Gasteiger partial charge in [0, 0.05) is 36.9 Å². The molecular formula is C30H44N6O8. The molecule has 1 aromatic heterocycles. The van der Waals surface area contributed by atoms with Crippen molar-refractivity contribution in [3.63, 3.8) is 0 Å². The fourth-order valence-electron chi connectivity index (χ4n) is 4.79. The highest BCUT2D eigenvalue weighted by Gasteiger charge is 2.37. The number of carbonyl (C=O) groups excluding carboxylic acids is 5. The molecule has 6 atom stereocenters. The van der Waals surface area contributed by atoms with Crippen molar-refractivity contribution in [2.45, 2.75) is 90.9 Å². The number of fused-ring (bicyclic) bond motifs is 1. The second-order valence-corrected chi connectivity index (χ2v) is 11.1. The number of hydrogen-bond donors (Lipinski definition) is 7. The first kappa shape index (κ1) is 35.7. The third-order valence-electron chi connectivity index (χ3n) is 7.83. The number of aliphatic carboxylic acids is 1. The van der Waals surface area contributed by atoms with E-state index >= 15 is 0 Å². The summed E-state index contributed by atoms with van der Waals surface area (Å²) in [4.78, 5) is 78.7. The molecule has 0 saturated carbocycles. The lowest BCUT2D eigenvalue weighted by Gasteiger charge is -2.31. The van der Waals surface area contributed by atoms with Crippen LogP contribution in [0.2, 0.25) is 0 Å². The zero-order chi connectivity index (χ0) is 33.1. The van der Waals surface area contributed by atoms with Gasteiger partial charge in [0.2, 0.25) is 23.6 Å². The molecule has 0 bridgehead atoms. The van der Waals surface area contributed by atoms with Crippen LogP contribution < -0.4 is 21.7 Å². The van der Waals surface area contributed by atoms with Gasteiger partial charge in [0.25, 0.3) is 5.91 Å². The number of H-pyrrole nitrogens is 1. The minimum absolute atomic E-state index is 0.00234. The van der Waals surface area contributed by atoms with Gasteiger partial charge in [0.15, 0.2) is 6.04 Å². The predicted octanol–water partition coefficient (Wildman–Crippen LogP) is 1.21. The lowest BCUT2D eigenvalue weighted by molar-refractivity contribution is -0.188. The molecule has 14 nitrogen and oxygen atoms in total. The lowest BCUT2D eigenvalue weighted by Crippen LogP contribution is -2.60. The second kappa shape index (κ2) is 16.4. The Morgan fingerprint density at radius 2 is 1.50 bits per heavy atom. The molecule has 0 spiro atoms. The van der Waals surface area contributed by atoms with Crippen molar-refractivity contribution in [3.8, 4) is 0 Å². The van der Waals surface area contributed by atoms with Gasteiger partial charge in [0.05, 0.1) is 0 Å². The van der Waals surface area contributed by atoms with Crippen LogP contribution in [0, 0.1) is 11.8 Å². The molecule has 2 rings (SSSR count). The van der Waals surface area contributed by atoms with Crippen LogP contribution in [0.5, 0.6) is 0 Å². The molecule has 0 unspecified atom stereocenters.